The number of rotatable bonds is 9. The van der Waals surface area contributed by atoms with Gasteiger partial charge in [0.05, 0.1) is 5.92 Å². The van der Waals surface area contributed by atoms with Crippen molar-refractivity contribution in [2.45, 2.75) is 66.2 Å². The second-order valence-corrected chi connectivity index (χ2v) is 5.08. The summed E-state index contributed by atoms with van der Waals surface area (Å²) < 4.78 is 0. The van der Waals surface area contributed by atoms with E-state index in [1.54, 1.807) is 0 Å². The number of carboxylic acid groups (broad SMARTS) is 1. The van der Waals surface area contributed by atoms with E-state index >= 15 is 0 Å². The van der Waals surface area contributed by atoms with Gasteiger partial charge in [0.15, 0.2) is 0 Å². The molecule has 2 heteroatoms. The van der Waals surface area contributed by atoms with E-state index < -0.39 is 5.97 Å². The van der Waals surface area contributed by atoms with Gasteiger partial charge in [0.1, 0.15) is 0 Å². The maximum Gasteiger partial charge on any atom is 0.306 e. The van der Waals surface area contributed by atoms with Crippen LogP contribution in [0.5, 0.6) is 0 Å². The van der Waals surface area contributed by atoms with Crippen molar-refractivity contribution in [3.8, 4) is 0 Å². The fourth-order valence-electron chi connectivity index (χ4n) is 2.32. The Balaban J connectivity index is 4.24. The highest BCUT2D eigenvalue weighted by Gasteiger charge is 2.21. The Morgan fingerprint density at radius 1 is 1.12 bits per heavy atom. The highest BCUT2D eigenvalue weighted by Crippen LogP contribution is 2.27. The third-order valence-electron chi connectivity index (χ3n) is 3.59. The molecule has 0 fully saturated rings. The lowest BCUT2D eigenvalue weighted by molar-refractivity contribution is -0.142. The van der Waals surface area contributed by atoms with Crippen molar-refractivity contribution in [2.24, 2.45) is 17.8 Å². The molecule has 0 spiro atoms. The van der Waals surface area contributed by atoms with Gasteiger partial charge < -0.3 is 5.11 Å². The van der Waals surface area contributed by atoms with Crippen LogP contribution in [-0.2, 0) is 4.79 Å². The van der Waals surface area contributed by atoms with Gasteiger partial charge >= 0.3 is 5.97 Å². The number of carboxylic acids is 1. The molecular weight excluding hydrogens is 200 g/mol. The van der Waals surface area contributed by atoms with Gasteiger partial charge in [0.2, 0.25) is 0 Å². The van der Waals surface area contributed by atoms with Crippen molar-refractivity contribution < 1.29 is 9.90 Å². The molecule has 0 aromatic heterocycles. The Bertz CT molecular complexity index is 189. The Kier molecular flexibility index (Phi) is 8.32. The van der Waals surface area contributed by atoms with Crippen molar-refractivity contribution in [2.75, 3.05) is 0 Å². The lowest BCUT2D eigenvalue weighted by Gasteiger charge is -2.22. The predicted octanol–water partition coefficient (Wildman–Crippen LogP) is 4.34. The summed E-state index contributed by atoms with van der Waals surface area (Å²) in [5.74, 6) is 0.567. The highest BCUT2D eigenvalue weighted by molar-refractivity contribution is 5.69. The molecule has 0 aliphatic carbocycles. The molecule has 0 heterocycles. The van der Waals surface area contributed by atoms with Crippen LogP contribution in [0.3, 0.4) is 0 Å². The fraction of sp³-hybridized carbons (Fsp3) is 0.929. The van der Waals surface area contributed by atoms with E-state index in [1.165, 1.54) is 19.3 Å². The van der Waals surface area contributed by atoms with E-state index in [-0.39, 0.29) is 5.92 Å². The summed E-state index contributed by atoms with van der Waals surface area (Å²) in [5.41, 5.74) is 0. The molecule has 1 N–H and O–H groups in total. The summed E-state index contributed by atoms with van der Waals surface area (Å²) in [5, 5.41) is 9.08. The average molecular weight is 228 g/mol. The zero-order chi connectivity index (χ0) is 12.6. The molecule has 2 nitrogen and oxygen atoms in total. The van der Waals surface area contributed by atoms with E-state index in [2.05, 4.69) is 20.8 Å². The Labute approximate surface area is 100 Å². The Morgan fingerprint density at radius 2 is 1.75 bits per heavy atom. The van der Waals surface area contributed by atoms with E-state index in [9.17, 15) is 4.79 Å². The van der Waals surface area contributed by atoms with Gasteiger partial charge in [-0.2, -0.15) is 0 Å². The molecule has 0 bridgehead atoms. The zero-order valence-corrected chi connectivity index (χ0v) is 11.3. The number of carbonyl (C=O) groups is 1. The first-order chi connectivity index (χ1) is 7.54. The molecule has 0 saturated carbocycles. The summed E-state index contributed by atoms with van der Waals surface area (Å²) in [4.78, 5) is 11.0. The molecule has 0 saturated heterocycles. The SMILES string of the molecule is CCCC(CC(C)CC)CC(CC)C(=O)O. The van der Waals surface area contributed by atoms with Crippen molar-refractivity contribution >= 4 is 5.97 Å². The molecule has 0 aliphatic heterocycles. The minimum atomic E-state index is -0.618. The lowest BCUT2D eigenvalue weighted by Crippen LogP contribution is -2.18. The van der Waals surface area contributed by atoms with Crippen LogP contribution in [-0.4, -0.2) is 11.1 Å². The molecule has 16 heavy (non-hydrogen) atoms. The van der Waals surface area contributed by atoms with Crippen LogP contribution < -0.4 is 0 Å². The summed E-state index contributed by atoms with van der Waals surface area (Å²) in [6, 6.07) is 0. The quantitative estimate of drug-likeness (QED) is 0.637. The summed E-state index contributed by atoms with van der Waals surface area (Å²) in [6.45, 7) is 8.64. The number of hydrogen-bond donors (Lipinski definition) is 1. The van der Waals surface area contributed by atoms with Crippen LogP contribution >= 0.6 is 0 Å². The van der Waals surface area contributed by atoms with Crippen LogP contribution in [0.1, 0.15) is 66.2 Å². The molecule has 0 aliphatic rings. The van der Waals surface area contributed by atoms with Gasteiger partial charge in [-0.3, -0.25) is 4.79 Å². The maximum atomic E-state index is 11.0. The second kappa shape index (κ2) is 8.60. The monoisotopic (exact) mass is 228 g/mol. The van der Waals surface area contributed by atoms with Crippen LogP contribution in [0.15, 0.2) is 0 Å². The topological polar surface area (TPSA) is 37.3 Å². The van der Waals surface area contributed by atoms with Gasteiger partial charge in [-0.25, -0.2) is 0 Å². The zero-order valence-electron chi connectivity index (χ0n) is 11.3. The van der Waals surface area contributed by atoms with Crippen LogP contribution in [0.2, 0.25) is 0 Å². The van der Waals surface area contributed by atoms with Crippen LogP contribution in [0, 0.1) is 17.8 Å². The third kappa shape index (κ3) is 6.14. The average Bonchev–Trinajstić information content (AvgIpc) is 2.25. The van der Waals surface area contributed by atoms with Crippen molar-refractivity contribution in [3.63, 3.8) is 0 Å². The van der Waals surface area contributed by atoms with E-state index in [0.29, 0.717) is 5.92 Å². The van der Waals surface area contributed by atoms with Crippen molar-refractivity contribution in [3.05, 3.63) is 0 Å². The van der Waals surface area contributed by atoms with E-state index in [1.807, 2.05) is 6.92 Å². The first kappa shape index (κ1) is 15.5. The van der Waals surface area contributed by atoms with Crippen LogP contribution in [0.25, 0.3) is 0 Å². The van der Waals surface area contributed by atoms with Crippen molar-refractivity contribution in [1.29, 1.82) is 0 Å². The minimum Gasteiger partial charge on any atom is -0.481 e. The lowest BCUT2D eigenvalue weighted by atomic mass is 9.83. The van der Waals surface area contributed by atoms with Gasteiger partial charge in [-0.15, -0.1) is 0 Å². The minimum absolute atomic E-state index is 0.138. The van der Waals surface area contributed by atoms with E-state index in [0.717, 1.165) is 25.2 Å². The summed E-state index contributed by atoms with van der Waals surface area (Å²) in [7, 11) is 0. The number of hydrogen-bond acceptors (Lipinski definition) is 1. The molecule has 3 unspecified atom stereocenters. The Hall–Kier alpha value is -0.530. The van der Waals surface area contributed by atoms with Crippen molar-refractivity contribution in [1.82, 2.24) is 0 Å². The molecule has 96 valence electrons. The third-order valence-corrected chi connectivity index (χ3v) is 3.59. The largest absolute Gasteiger partial charge is 0.481 e. The molecule has 0 amide bonds. The first-order valence-electron chi connectivity index (χ1n) is 6.77. The van der Waals surface area contributed by atoms with Gasteiger partial charge in [-0.05, 0) is 31.1 Å². The molecule has 0 aromatic carbocycles. The molecule has 0 aromatic rings. The van der Waals surface area contributed by atoms with Gasteiger partial charge in [0.25, 0.3) is 0 Å². The van der Waals surface area contributed by atoms with E-state index in [4.69, 9.17) is 5.11 Å². The summed E-state index contributed by atoms with van der Waals surface area (Å²) >= 11 is 0. The fourth-order valence-corrected chi connectivity index (χ4v) is 2.32. The second-order valence-electron chi connectivity index (χ2n) is 5.08. The van der Waals surface area contributed by atoms with Crippen LogP contribution in [0.4, 0.5) is 0 Å². The number of aliphatic carboxylic acids is 1. The summed E-state index contributed by atoms with van der Waals surface area (Å²) in [6.07, 6.45) is 6.35. The normalized spacial score (nSPS) is 16.8. The van der Waals surface area contributed by atoms with Gasteiger partial charge in [-0.1, -0.05) is 47.0 Å². The van der Waals surface area contributed by atoms with Gasteiger partial charge in [0, 0.05) is 0 Å². The first-order valence-corrected chi connectivity index (χ1v) is 6.77. The molecule has 3 atom stereocenters. The smallest absolute Gasteiger partial charge is 0.306 e. The molecule has 0 rings (SSSR count). The standard InChI is InChI=1S/C14H28O2/c1-5-8-12(9-11(4)6-2)10-13(7-3)14(15)16/h11-13H,5-10H2,1-4H3,(H,15,16). The predicted molar refractivity (Wildman–Crippen MR) is 68.5 cm³/mol. The maximum absolute atomic E-state index is 11.0. The Morgan fingerprint density at radius 3 is 2.12 bits per heavy atom. The highest BCUT2D eigenvalue weighted by atomic mass is 16.4. The molecular formula is C14H28O2. The molecule has 0 radical (unpaired) electrons.